The maximum absolute atomic E-state index is 13.1. The van der Waals surface area contributed by atoms with Crippen LogP contribution < -0.4 is 0 Å². The molecule has 1 unspecified atom stereocenters. The summed E-state index contributed by atoms with van der Waals surface area (Å²) >= 11 is 0. The van der Waals surface area contributed by atoms with E-state index in [1.165, 1.54) is 0 Å². The number of halogens is 12. The Morgan fingerprint density at radius 3 is 1.39 bits per heavy atom. The van der Waals surface area contributed by atoms with Gasteiger partial charge in [0, 0.05) is 23.7 Å². The molecule has 1 rings (SSSR count). The van der Waals surface area contributed by atoms with Crippen molar-refractivity contribution in [3.8, 4) is 0 Å². The predicted molar refractivity (Wildman–Crippen MR) is 117 cm³/mol. The first-order chi connectivity index (χ1) is 16.7. The summed E-state index contributed by atoms with van der Waals surface area (Å²) in [4.78, 5) is 0. The van der Waals surface area contributed by atoms with Gasteiger partial charge >= 0.3 is 47.0 Å². The van der Waals surface area contributed by atoms with Crippen LogP contribution in [0, 0.1) is 0 Å². The van der Waals surface area contributed by atoms with Crippen LogP contribution in [0.3, 0.4) is 0 Å². The van der Waals surface area contributed by atoms with Crippen molar-refractivity contribution in [2.75, 3.05) is 31.6 Å². The van der Waals surface area contributed by atoms with Crippen molar-refractivity contribution < 1.29 is 74.0 Å². The third-order valence-electron chi connectivity index (χ3n) is 6.22. The van der Waals surface area contributed by atoms with Crippen LogP contribution in [0.15, 0.2) is 0 Å². The zero-order valence-electron chi connectivity index (χ0n) is 20.6. The van der Waals surface area contributed by atoms with Gasteiger partial charge in [-0.2, -0.15) is 52.7 Å². The van der Waals surface area contributed by atoms with Gasteiger partial charge in [-0.25, -0.2) is 16.8 Å². The topological polar surface area (TPSA) is 68.3 Å². The monoisotopic (exact) mass is 647 g/mol. The van der Waals surface area contributed by atoms with E-state index in [2.05, 4.69) is 0 Å². The Balaban J connectivity index is 0.000000724. The fourth-order valence-electron chi connectivity index (χ4n) is 4.23. The fourth-order valence-corrected chi connectivity index (χ4v) is 12.8. The van der Waals surface area contributed by atoms with E-state index in [0.29, 0.717) is 12.8 Å². The number of rotatable bonds is 8. The standard InChI is InChI=1S/C11H18F6N.C7H11F6O4S3/c1-3-4-7-18(2)8-5-6-9(18,10(12,13)14)11(15,16)17;1-3-18(4-2)5(19(14,15)6(8,9)10)20(16,17)7(11,12)13/h3-8H2,1-2H3;5H,3-4H2,1-2H3/q2*+1. The molecule has 1 aliphatic heterocycles. The number of likely N-dealkylation sites (tertiary alicyclic amines) is 1. The predicted octanol–water partition coefficient (Wildman–Crippen LogP) is 5.69. The van der Waals surface area contributed by atoms with Gasteiger partial charge in [0.15, 0.2) is 0 Å². The van der Waals surface area contributed by atoms with E-state index in [0.717, 1.165) is 20.9 Å². The zero-order chi connectivity index (χ0) is 30.8. The molecule has 1 aliphatic rings. The summed E-state index contributed by atoms with van der Waals surface area (Å²) in [5, 5.41) is 0. The third-order valence-corrected chi connectivity index (χ3v) is 15.2. The van der Waals surface area contributed by atoms with Gasteiger partial charge in [0.2, 0.25) is 0 Å². The summed E-state index contributed by atoms with van der Waals surface area (Å²) in [7, 11) is -14.0. The molecule has 0 amide bonds. The molecule has 0 aromatic rings. The molecule has 0 aromatic carbocycles. The number of hydrogen-bond acceptors (Lipinski definition) is 4. The summed E-state index contributed by atoms with van der Waals surface area (Å²) < 4.78 is 193. The lowest BCUT2D eigenvalue weighted by Crippen LogP contribution is -2.72. The van der Waals surface area contributed by atoms with E-state index in [4.69, 9.17) is 0 Å². The average molecular weight is 648 g/mol. The Bertz CT molecular complexity index is 926. The van der Waals surface area contributed by atoms with Crippen molar-refractivity contribution >= 4 is 30.6 Å². The van der Waals surface area contributed by atoms with Gasteiger partial charge in [-0.05, 0) is 20.3 Å². The Morgan fingerprint density at radius 2 is 1.13 bits per heavy atom. The highest BCUT2D eigenvalue weighted by molar-refractivity contribution is 8.26. The minimum atomic E-state index is -6.50. The van der Waals surface area contributed by atoms with E-state index < -0.39 is 85.8 Å². The van der Waals surface area contributed by atoms with Crippen LogP contribution in [0.5, 0.6) is 0 Å². The van der Waals surface area contributed by atoms with Gasteiger partial charge in [0.1, 0.15) is 11.5 Å². The third kappa shape index (κ3) is 6.98. The second kappa shape index (κ2) is 12.1. The first kappa shape index (κ1) is 37.4. The molecular weight excluding hydrogens is 618 g/mol. The molecule has 0 N–H and O–H groups in total. The van der Waals surface area contributed by atoms with E-state index in [9.17, 15) is 69.5 Å². The van der Waals surface area contributed by atoms with Crippen LogP contribution in [0.2, 0.25) is 0 Å². The van der Waals surface area contributed by atoms with E-state index >= 15 is 0 Å². The molecule has 230 valence electrons. The maximum atomic E-state index is 13.1. The molecule has 0 spiro atoms. The molecular formula is C18H29F12NO4S3+2. The van der Waals surface area contributed by atoms with Crippen molar-refractivity contribution in [2.45, 2.75) is 79.3 Å². The molecule has 0 radical (unpaired) electrons. The average Bonchev–Trinajstić information content (AvgIpc) is 3.07. The zero-order valence-corrected chi connectivity index (χ0v) is 23.0. The molecule has 0 saturated carbocycles. The van der Waals surface area contributed by atoms with Gasteiger partial charge < -0.3 is 4.48 Å². The van der Waals surface area contributed by atoms with Crippen LogP contribution in [0.25, 0.3) is 0 Å². The molecule has 0 aliphatic carbocycles. The highest BCUT2D eigenvalue weighted by Gasteiger charge is 2.81. The second-order valence-corrected chi connectivity index (χ2v) is 16.2. The van der Waals surface area contributed by atoms with E-state index in [-0.39, 0.29) is 19.5 Å². The summed E-state index contributed by atoms with van der Waals surface area (Å²) in [6.45, 7) is 3.84. The number of hydrogen-bond donors (Lipinski definition) is 0. The molecule has 38 heavy (non-hydrogen) atoms. The molecule has 1 fully saturated rings. The Morgan fingerprint density at radius 1 is 0.763 bits per heavy atom. The van der Waals surface area contributed by atoms with Crippen molar-refractivity contribution in [1.29, 1.82) is 0 Å². The number of nitrogens with zero attached hydrogens (tertiary/aromatic N) is 1. The van der Waals surface area contributed by atoms with Crippen molar-refractivity contribution in [1.82, 2.24) is 0 Å². The van der Waals surface area contributed by atoms with E-state index in [1.54, 1.807) is 6.92 Å². The normalized spacial score (nSPS) is 21.5. The highest BCUT2D eigenvalue weighted by atomic mass is 32.3. The summed E-state index contributed by atoms with van der Waals surface area (Å²) in [6.07, 6.45) is -10.5. The molecule has 1 saturated heterocycles. The lowest BCUT2D eigenvalue weighted by molar-refractivity contribution is -0.972. The number of alkyl halides is 12. The fraction of sp³-hybridized carbons (Fsp3) is 1.00. The number of quaternary nitrogens is 1. The quantitative estimate of drug-likeness (QED) is 0.193. The van der Waals surface area contributed by atoms with Crippen LogP contribution in [0.1, 0.15) is 46.5 Å². The molecule has 0 aromatic heterocycles. The minimum Gasteiger partial charge on any atom is -0.306 e. The second-order valence-electron chi connectivity index (χ2n) is 8.54. The Kier molecular flexibility index (Phi) is 11.9. The molecule has 1 heterocycles. The minimum absolute atomic E-state index is 0.0424. The van der Waals surface area contributed by atoms with Crippen LogP contribution in [-0.2, 0) is 30.6 Å². The molecule has 0 bridgehead atoms. The Labute approximate surface area is 215 Å². The highest BCUT2D eigenvalue weighted by Crippen LogP contribution is 2.56. The van der Waals surface area contributed by atoms with Gasteiger partial charge in [-0.15, -0.1) is 0 Å². The van der Waals surface area contributed by atoms with Crippen molar-refractivity contribution in [3.05, 3.63) is 0 Å². The number of sulfone groups is 2. The summed E-state index contributed by atoms with van der Waals surface area (Å²) in [6, 6.07) is 0. The Hall–Kier alpha value is -0.630. The van der Waals surface area contributed by atoms with Gasteiger partial charge in [0.25, 0.3) is 5.54 Å². The SMILES string of the molecule is CCCC[N+]1(C)CCCC1(C(F)(F)F)C(F)(F)F.CC[S+](CC)C(S(=O)(=O)C(F)(F)F)S(=O)(=O)C(F)(F)F. The van der Waals surface area contributed by atoms with Gasteiger partial charge in [-0.3, -0.25) is 0 Å². The van der Waals surface area contributed by atoms with Crippen molar-refractivity contribution in [3.63, 3.8) is 0 Å². The lowest BCUT2D eigenvalue weighted by atomic mass is 9.92. The van der Waals surface area contributed by atoms with Gasteiger partial charge in [-0.1, -0.05) is 13.3 Å². The first-order valence-electron chi connectivity index (χ1n) is 10.9. The van der Waals surface area contributed by atoms with Crippen LogP contribution in [0.4, 0.5) is 52.7 Å². The van der Waals surface area contributed by atoms with Crippen molar-refractivity contribution in [2.24, 2.45) is 0 Å². The molecule has 20 heteroatoms. The van der Waals surface area contributed by atoms with E-state index in [1.807, 2.05) is 0 Å². The maximum Gasteiger partial charge on any atom is 0.503 e. The largest absolute Gasteiger partial charge is 0.503 e. The lowest BCUT2D eigenvalue weighted by Gasteiger charge is -2.47. The summed E-state index contributed by atoms with van der Waals surface area (Å²) in [5.74, 6) is -0.877. The molecule has 1 atom stereocenters. The van der Waals surface area contributed by atoms with Gasteiger partial charge in [0.05, 0.1) is 20.1 Å². The number of unbranched alkanes of at least 4 members (excludes halogenated alkanes) is 1. The smallest absolute Gasteiger partial charge is 0.306 e. The first-order valence-corrected chi connectivity index (χ1v) is 15.6. The van der Waals surface area contributed by atoms with Crippen LogP contribution >= 0.6 is 0 Å². The molecule has 5 nitrogen and oxygen atoms in total. The van der Waals surface area contributed by atoms with Crippen LogP contribution in [-0.4, -0.2) is 85.8 Å². The summed E-state index contributed by atoms with van der Waals surface area (Å²) in [5.41, 5.74) is -15.7.